The van der Waals surface area contributed by atoms with Crippen LogP contribution in [0.2, 0.25) is 0 Å². The van der Waals surface area contributed by atoms with Gasteiger partial charge in [0.05, 0.1) is 17.3 Å². The summed E-state index contributed by atoms with van der Waals surface area (Å²) in [6.45, 7) is 0.419. The zero-order valence-electron chi connectivity index (χ0n) is 9.51. The molecule has 0 radical (unpaired) electrons. The molecule has 1 aromatic heterocycles. The summed E-state index contributed by atoms with van der Waals surface area (Å²) < 4.78 is 0. The molecule has 1 heterocycles. The average molecular weight is 257 g/mol. The molecular formula is C13H11N3OS. The van der Waals surface area contributed by atoms with Gasteiger partial charge in [0, 0.05) is 6.54 Å². The number of nitriles is 1. The highest BCUT2D eigenvalue weighted by Crippen LogP contribution is 2.18. The predicted molar refractivity (Wildman–Crippen MR) is 71.1 cm³/mol. The molecule has 4 nitrogen and oxygen atoms in total. The Bertz CT molecular complexity index is 595. The van der Waals surface area contributed by atoms with Crippen LogP contribution in [0, 0.1) is 11.3 Å². The minimum absolute atomic E-state index is 0.174. The molecular weight excluding hydrogens is 246 g/mol. The van der Waals surface area contributed by atoms with Crippen LogP contribution in [0.15, 0.2) is 35.7 Å². The molecule has 0 spiro atoms. The number of nitrogens with two attached hydrogens (primary N) is 1. The summed E-state index contributed by atoms with van der Waals surface area (Å²) in [4.78, 5) is 12.3. The molecule has 90 valence electrons. The summed E-state index contributed by atoms with van der Waals surface area (Å²) in [7, 11) is 0. The SMILES string of the molecule is N#Cc1ccc(CNC(=O)c2sccc2N)cc1. The maximum Gasteiger partial charge on any atom is 0.263 e. The fourth-order valence-corrected chi connectivity index (χ4v) is 2.20. The van der Waals surface area contributed by atoms with E-state index in [1.165, 1.54) is 11.3 Å². The lowest BCUT2D eigenvalue weighted by molar-refractivity contribution is 0.0956. The van der Waals surface area contributed by atoms with Crippen molar-refractivity contribution in [1.82, 2.24) is 5.32 Å². The Morgan fingerprint density at radius 2 is 2.06 bits per heavy atom. The second kappa shape index (κ2) is 5.34. The molecule has 1 aromatic carbocycles. The number of nitrogens with zero attached hydrogens (tertiary/aromatic N) is 1. The second-order valence-corrected chi connectivity index (χ2v) is 4.61. The third-order valence-electron chi connectivity index (χ3n) is 2.44. The van der Waals surface area contributed by atoms with E-state index in [9.17, 15) is 4.79 Å². The van der Waals surface area contributed by atoms with E-state index in [4.69, 9.17) is 11.0 Å². The Morgan fingerprint density at radius 3 is 2.61 bits per heavy atom. The van der Waals surface area contributed by atoms with Gasteiger partial charge in [-0.05, 0) is 29.1 Å². The van der Waals surface area contributed by atoms with Crippen molar-refractivity contribution in [1.29, 1.82) is 5.26 Å². The van der Waals surface area contributed by atoms with Gasteiger partial charge in [-0.1, -0.05) is 12.1 Å². The maximum atomic E-state index is 11.8. The quantitative estimate of drug-likeness (QED) is 0.884. The predicted octanol–water partition coefficient (Wildman–Crippen LogP) is 2.13. The number of hydrogen-bond acceptors (Lipinski definition) is 4. The summed E-state index contributed by atoms with van der Waals surface area (Å²) >= 11 is 1.32. The molecule has 2 aromatic rings. The molecule has 0 unspecified atom stereocenters. The van der Waals surface area contributed by atoms with Crippen molar-refractivity contribution in [2.75, 3.05) is 5.73 Å². The van der Waals surface area contributed by atoms with Crippen LogP contribution in [0.1, 0.15) is 20.8 Å². The van der Waals surface area contributed by atoms with Crippen molar-refractivity contribution in [2.45, 2.75) is 6.54 Å². The second-order valence-electron chi connectivity index (χ2n) is 3.70. The standard InChI is InChI=1S/C13H11N3OS/c14-7-9-1-3-10(4-2-9)8-16-13(17)12-11(15)5-6-18-12/h1-6H,8,15H2,(H,16,17). The van der Waals surface area contributed by atoms with Crippen molar-refractivity contribution >= 4 is 22.9 Å². The smallest absolute Gasteiger partial charge is 0.263 e. The van der Waals surface area contributed by atoms with E-state index in [1.54, 1.807) is 23.6 Å². The molecule has 0 aliphatic heterocycles. The fraction of sp³-hybridized carbons (Fsp3) is 0.0769. The molecule has 2 rings (SSSR count). The van der Waals surface area contributed by atoms with Gasteiger partial charge < -0.3 is 11.1 Å². The third-order valence-corrected chi connectivity index (χ3v) is 3.37. The van der Waals surface area contributed by atoms with Crippen LogP contribution in [-0.2, 0) is 6.54 Å². The first-order valence-corrected chi connectivity index (χ1v) is 6.19. The Kier molecular flexibility index (Phi) is 3.60. The van der Waals surface area contributed by atoms with Crippen LogP contribution in [-0.4, -0.2) is 5.91 Å². The Hall–Kier alpha value is -2.32. The first-order valence-electron chi connectivity index (χ1n) is 5.31. The molecule has 0 aliphatic carbocycles. The minimum atomic E-state index is -0.174. The zero-order chi connectivity index (χ0) is 13.0. The number of carbonyl (C=O) groups is 1. The maximum absolute atomic E-state index is 11.8. The van der Waals surface area contributed by atoms with Crippen LogP contribution in [0.4, 0.5) is 5.69 Å². The van der Waals surface area contributed by atoms with E-state index in [1.807, 2.05) is 18.2 Å². The normalized spacial score (nSPS) is 9.72. The number of amides is 1. The van der Waals surface area contributed by atoms with E-state index in [0.717, 1.165) is 5.56 Å². The van der Waals surface area contributed by atoms with Gasteiger partial charge in [0.15, 0.2) is 0 Å². The number of nitrogens with one attached hydrogen (secondary N) is 1. The first-order chi connectivity index (χ1) is 8.70. The number of benzene rings is 1. The van der Waals surface area contributed by atoms with Crippen LogP contribution >= 0.6 is 11.3 Å². The first kappa shape index (κ1) is 12.1. The van der Waals surface area contributed by atoms with Gasteiger partial charge in [0.2, 0.25) is 0 Å². The molecule has 0 saturated carbocycles. The number of hydrogen-bond donors (Lipinski definition) is 2. The van der Waals surface area contributed by atoms with Crippen LogP contribution in [0.3, 0.4) is 0 Å². The van der Waals surface area contributed by atoms with E-state index >= 15 is 0 Å². The molecule has 0 fully saturated rings. The van der Waals surface area contributed by atoms with Crippen LogP contribution in [0.5, 0.6) is 0 Å². The van der Waals surface area contributed by atoms with Gasteiger partial charge in [-0.2, -0.15) is 5.26 Å². The van der Waals surface area contributed by atoms with E-state index in [0.29, 0.717) is 22.7 Å². The lowest BCUT2D eigenvalue weighted by Gasteiger charge is -2.04. The lowest BCUT2D eigenvalue weighted by Crippen LogP contribution is -2.22. The van der Waals surface area contributed by atoms with Gasteiger partial charge >= 0.3 is 0 Å². The van der Waals surface area contributed by atoms with Crippen molar-refractivity contribution in [3.63, 3.8) is 0 Å². The molecule has 3 N–H and O–H groups in total. The summed E-state index contributed by atoms with van der Waals surface area (Å²) in [5, 5.41) is 13.2. The number of rotatable bonds is 3. The van der Waals surface area contributed by atoms with Gasteiger partial charge in [-0.25, -0.2) is 0 Å². The topological polar surface area (TPSA) is 78.9 Å². The summed E-state index contributed by atoms with van der Waals surface area (Å²) in [5.74, 6) is -0.174. The van der Waals surface area contributed by atoms with E-state index < -0.39 is 0 Å². The van der Waals surface area contributed by atoms with Crippen molar-refractivity contribution in [2.24, 2.45) is 0 Å². The summed E-state index contributed by atoms with van der Waals surface area (Å²) in [6, 6.07) is 10.8. The number of nitrogen functional groups attached to an aromatic ring is 1. The Balaban J connectivity index is 1.97. The molecule has 5 heteroatoms. The number of carbonyl (C=O) groups excluding carboxylic acids is 1. The summed E-state index contributed by atoms with van der Waals surface area (Å²) in [5.41, 5.74) is 7.71. The highest BCUT2D eigenvalue weighted by Gasteiger charge is 2.10. The third kappa shape index (κ3) is 2.67. The van der Waals surface area contributed by atoms with Gasteiger partial charge in [0.25, 0.3) is 5.91 Å². The van der Waals surface area contributed by atoms with Gasteiger partial charge in [0.1, 0.15) is 4.88 Å². The molecule has 0 saturated heterocycles. The molecule has 0 bridgehead atoms. The highest BCUT2D eigenvalue weighted by atomic mass is 32.1. The number of anilines is 1. The van der Waals surface area contributed by atoms with E-state index in [2.05, 4.69) is 5.32 Å². The number of thiophene rings is 1. The Morgan fingerprint density at radius 1 is 1.33 bits per heavy atom. The van der Waals surface area contributed by atoms with Crippen molar-refractivity contribution in [3.05, 3.63) is 51.7 Å². The van der Waals surface area contributed by atoms with Crippen molar-refractivity contribution < 1.29 is 4.79 Å². The van der Waals surface area contributed by atoms with Crippen molar-refractivity contribution in [3.8, 4) is 6.07 Å². The molecule has 18 heavy (non-hydrogen) atoms. The fourth-order valence-electron chi connectivity index (χ4n) is 1.46. The van der Waals surface area contributed by atoms with Gasteiger partial charge in [-0.15, -0.1) is 11.3 Å². The molecule has 1 amide bonds. The van der Waals surface area contributed by atoms with Gasteiger partial charge in [-0.3, -0.25) is 4.79 Å². The van der Waals surface area contributed by atoms with Crippen LogP contribution < -0.4 is 11.1 Å². The summed E-state index contributed by atoms with van der Waals surface area (Å²) in [6.07, 6.45) is 0. The Labute approximate surface area is 109 Å². The molecule has 0 aliphatic rings. The lowest BCUT2D eigenvalue weighted by atomic mass is 10.1. The zero-order valence-corrected chi connectivity index (χ0v) is 10.3. The minimum Gasteiger partial charge on any atom is -0.397 e. The largest absolute Gasteiger partial charge is 0.397 e. The van der Waals surface area contributed by atoms with Crippen LogP contribution in [0.25, 0.3) is 0 Å². The van der Waals surface area contributed by atoms with E-state index in [-0.39, 0.29) is 5.91 Å². The average Bonchev–Trinajstić information content (AvgIpc) is 2.83. The monoisotopic (exact) mass is 257 g/mol. The molecule has 0 atom stereocenters. The highest BCUT2D eigenvalue weighted by molar-refractivity contribution is 7.12.